The van der Waals surface area contributed by atoms with Gasteiger partial charge in [0.15, 0.2) is 0 Å². The number of rotatable bonds is 3. The van der Waals surface area contributed by atoms with Gasteiger partial charge in [-0.15, -0.1) is 0 Å². The van der Waals surface area contributed by atoms with Crippen molar-refractivity contribution in [1.29, 1.82) is 0 Å². The highest BCUT2D eigenvalue weighted by Gasteiger charge is 2.46. The van der Waals surface area contributed by atoms with Crippen LogP contribution in [-0.4, -0.2) is 45.5 Å². The van der Waals surface area contributed by atoms with Crippen LogP contribution in [0.1, 0.15) is 85.1 Å². The second kappa shape index (κ2) is 10.3. The molecule has 34 heavy (non-hydrogen) atoms. The minimum Gasteiger partial charge on any atom is -0.444 e. The molecule has 0 spiro atoms. The molecule has 2 N–H and O–H groups in total. The first-order chi connectivity index (χ1) is 15.9. The third kappa shape index (κ3) is 6.27. The van der Waals surface area contributed by atoms with Gasteiger partial charge in [-0.3, -0.25) is 14.9 Å². The number of ether oxygens (including phenoxy) is 1. The zero-order valence-electron chi connectivity index (χ0n) is 21.5. The quantitative estimate of drug-likeness (QED) is 0.584. The van der Waals surface area contributed by atoms with E-state index in [9.17, 15) is 14.4 Å². The average Bonchev–Trinajstić information content (AvgIpc) is 2.76. The van der Waals surface area contributed by atoms with Gasteiger partial charge in [0.2, 0.25) is 0 Å². The smallest absolute Gasteiger partial charge is 0.413 e. The van der Waals surface area contributed by atoms with Crippen LogP contribution in [0.4, 0.5) is 16.3 Å². The summed E-state index contributed by atoms with van der Waals surface area (Å²) < 4.78 is 5.26. The van der Waals surface area contributed by atoms with Crippen molar-refractivity contribution in [2.75, 3.05) is 17.2 Å². The van der Waals surface area contributed by atoms with Crippen molar-refractivity contribution in [3.8, 4) is 0 Å². The van der Waals surface area contributed by atoms with Crippen molar-refractivity contribution >= 4 is 29.4 Å². The van der Waals surface area contributed by atoms with Crippen molar-refractivity contribution in [1.82, 2.24) is 9.88 Å². The van der Waals surface area contributed by atoms with E-state index in [1.165, 1.54) is 25.5 Å². The van der Waals surface area contributed by atoms with E-state index < -0.39 is 23.5 Å². The molecular weight excluding hydrogens is 432 g/mol. The molecule has 1 aromatic heterocycles. The number of hydrogen-bond donors (Lipinski definition) is 2. The molecule has 3 rings (SSSR count). The van der Waals surface area contributed by atoms with E-state index >= 15 is 0 Å². The summed E-state index contributed by atoms with van der Waals surface area (Å²) in [4.78, 5) is 44.5. The normalized spacial score (nSPS) is 23.8. The van der Waals surface area contributed by atoms with Crippen LogP contribution in [0, 0.1) is 18.8 Å². The summed E-state index contributed by atoms with van der Waals surface area (Å²) in [5.41, 5.74) is 0.158. The third-order valence-electron chi connectivity index (χ3n) is 7.13. The minimum absolute atomic E-state index is 0.281. The van der Waals surface area contributed by atoms with Gasteiger partial charge in [0.25, 0.3) is 0 Å². The molecular formula is C26H40N4O4. The molecule has 1 saturated carbocycles. The topological polar surface area (TPSA) is 101 Å². The van der Waals surface area contributed by atoms with Gasteiger partial charge in [-0.25, -0.2) is 9.78 Å². The van der Waals surface area contributed by atoms with Crippen molar-refractivity contribution in [3.05, 3.63) is 17.8 Å². The Kier molecular flexibility index (Phi) is 7.88. The van der Waals surface area contributed by atoms with Gasteiger partial charge < -0.3 is 15.0 Å². The van der Waals surface area contributed by atoms with E-state index in [0.29, 0.717) is 35.4 Å². The number of nitrogens with one attached hydrogen (secondary N) is 2. The Balaban J connectivity index is 1.69. The Bertz CT molecular complexity index is 920. The molecule has 2 heterocycles. The number of likely N-dealkylation sites (tertiary alicyclic amines) is 1. The van der Waals surface area contributed by atoms with E-state index in [2.05, 4.69) is 29.5 Å². The highest BCUT2D eigenvalue weighted by molar-refractivity contribution is 6.39. The van der Waals surface area contributed by atoms with Crippen LogP contribution < -0.4 is 10.6 Å². The maximum absolute atomic E-state index is 13.4. The van der Waals surface area contributed by atoms with Crippen molar-refractivity contribution in [3.63, 3.8) is 0 Å². The number of piperidine rings is 1. The van der Waals surface area contributed by atoms with Gasteiger partial charge in [-0.1, -0.05) is 26.2 Å². The lowest BCUT2D eigenvalue weighted by Gasteiger charge is -2.52. The average molecular weight is 473 g/mol. The predicted molar refractivity (Wildman–Crippen MR) is 133 cm³/mol. The standard InChI is InChI=1S/C26H40N4O4/c1-17-12-13-26(6,19-10-8-7-9-11-19)30(16-17)23(32)22(31)28-20-14-18(2)21(27-15-20)29-24(33)34-25(3,4)5/h14-15,17,19H,7-13,16H2,1-6H3,(H,28,31)(H,27,29,33)/t17-,26-/m0/s1. The van der Waals surface area contributed by atoms with Crippen LogP contribution in [-0.2, 0) is 14.3 Å². The Morgan fingerprint density at radius 1 is 1.12 bits per heavy atom. The van der Waals surface area contributed by atoms with E-state index in [0.717, 1.165) is 25.7 Å². The van der Waals surface area contributed by atoms with Crippen molar-refractivity contribution < 1.29 is 19.1 Å². The molecule has 2 aliphatic rings. The molecule has 8 nitrogen and oxygen atoms in total. The summed E-state index contributed by atoms with van der Waals surface area (Å²) in [7, 11) is 0. The van der Waals surface area contributed by atoms with Gasteiger partial charge in [0.1, 0.15) is 11.4 Å². The molecule has 0 aromatic carbocycles. The summed E-state index contributed by atoms with van der Waals surface area (Å²) >= 11 is 0. The van der Waals surface area contributed by atoms with Crippen molar-refractivity contribution in [2.24, 2.45) is 11.8 Å². The lowest BCUT2D eigenvalue weighted by Crippen LogP contribution is -2.61. The van der Waals surface area contributed by atoms with Crippen LogP contribution in [0.2, 0.25) is 0 Å². The number of anilines is 2. The van der Waals surface area contributed by atoms with Crippen LogP contribution in [0.15, 0.2) is 12.3 Å². The number of nitrogens with zero attached hydrogens (tertiary/aromatic N) is 2. The van der Waals surface area contributed by atoms with Gasteiger partial charge in [0, 0.05) is 12.1 Å². The number of amides is 3. The van der Waals surface area contributed by atoms with Gasteiger partial charge in [0.05, 0.1) is 11.9 Å². The van der Waals surface area contributed by atoms with Gasteiger partial charge in [-0.05, 0) is 83.8 Å². The summed E-state index contributed by atoms with van der Waals surface area (Å²) in [6, 6.07) is 1.68. The Morgan fingerprint density at radius 3 is 2.41 bits per heavy atom. The molecule has 0 bridgehead atoms. The van der Waals surface area contributed by atoms with Crippen LogP contribution in [0.5, 0.6) is 0 Å². The molecule has 0 radical (unpaired) electrons. The van der Waals surface area contributed by atoms with Crippen LogP contribution in [0.25, 0.3) is 0 Å². The fourth-order valence-electron chi connectivity index (χ4n) is 5.23. The second-order valence-electron chi connectivity index (χ2n) is 11.2. The SMILES string of the molecule is Cc1cc(NC(=O)C(=O)N2C[C@@H](C)CC[C@@]2(C)C2CCCCC2)cnc1NC(=O)OC(C)(C)C. The molecule has 1 aliphatic heterocycles. The van der Waals surface area contributed by atoms with E-state index in [-0.39, 0.29) is 5.54 Å². The number of aromatic nitrogens is 1. The first-order valence-electron chi connectivity index (χ1n) is 12.5. The number of carbonyl (C=O) groups excluding carboxylic acids is 3. The predicted octanol–water partition coefficient (Wildman–Crippen LogP) is 5.27. The van der Waals surface area contributed by atoms with Gasteiger partial charge >= 0.3 is 17.9 Å². The maximum Gasteiger partial charge on any atom is 0.413 e. The van der Waals surface area contributed by atoms with Gasteiger partial charge in [-0.2, -0.15) is 0 Å². The zero-order valence-corrected chi connectivity index (χ0v) is 21.5. The van der Waals surface area contributed by atoms with Crippen LogP contribution >= 0.6 is 0 Å². The van der Waals surface area contributed by atoms with E-state index in [1.54, 1.807) is 33.8 Å². The molecule has 0 unspecified atom stereocenters. The third-order valence-corrected chi connectivity index (χ3v) is 7.13. The largest absolute Gasteiger partial charge is 0.444 e. The molecule has 2 atom stereocenters. The number of hydrogen-bond acceptors (Lipinski definition) is 5. The monoisotopic (exact) mass is 472 g/mol. The van der Waals surface area contributed by atoms with Crippen LogP contribution in [0.3, 0.4) is 0 Å². The lowest BCUT2D eigenvalue weighted by atomic mass is 9.69. The fourth-order valence-corrected chi connectivity index (χ4v) is 5.23. The van der Waals surface area contributed by atoms with Crippen molar-refractivity contribution in [2.45, 2.75) is 97.6 Å². The number of pyridine rings is 1. The Hall–Kier alpha value is -2.64. The Labute approximate surface area is 203 Å². The van der Waals surface area contributed by atoms with E-state index in [4.69, 9.17) is 4.74 Å². The number of aryl methyl sites for hydroxylation is 1. The molecule has 8 heteroatoms. The molecule has 1 aliphatic carbocycles. The zero-order chi connectivity index (χ0) is 25.1. The first-order valence-corrected chi connectivity index (χ1v) is 12.5. The number of carbonyl (C=O) groups is 3. The molecule has 188 valence electrons. The highest BCUT2D eigenvalue weighted by atomic mass is 16.6. The summed E-state index contributed by atoms with van der Waals surface area (Å²) in [5.74, 6) is 0.0230. The molecule has 3 amide bonds. The van der Waals surface area contributed by atoms with E-state index in [1.807, 2.05) is 4.90 Å². The molecule has 1 aromatic rings. The molecule has 2 fully saturated rings. The Morgan fingerprint density at radius 2 is 1.79 bits per heavy atom. The first kappa shape index (κ1) is 26.0. The molecule has 1 saturated heterocycles. The highest BCUT2D eigenvalue weighted by Crippen LogP contribution is 2.43. The summed E-state index contributed by atoms with van der Waals surface area (Å²) in [6.45, 7) is 12.0. The summed E-state index contributed by atoms with van der Waals surface area (Å²) in [6.07, 6.45) is 8.72. The second-order valence-corrected chi connectivity index (χ2v) is 11.2. The lowest BCUT2D eigenvalue weighted by molar-refractivity contribution is -0.153. The maximum atomic E-state index is 13.4. The fraction of sp³-hybridized carbons (Fsp3) is 0.692. The summed E-state index contributed by atoms with van der Waals surface area (Å²) in [5, 5.41) is 5.33. The minimum atomic E-state index is -0.648.